The molecule has 0 atom stereocenters. The minimum atomic E-state index is -0.191. The van der Waals surface area contributed by atoms with Crippen molar-refractivity contribution in [2.24, 2.45) is 0 Å². The molecule has 0 fully saturated rings. The molecule has 0 spiro atoms. The molecule has 0 saturated carbocycles. The summed E-state index contributed by atoms with van der Waals surface area (Å²) in [5, 5.41) is 7.51. The summed E-state index contributed by atoms with van der Waals surface area (Å²) in [7, 11) is 0. The molecule has 0 aromatic heterocycles. The second-order valence-corrected chi connectivity index (χ2v) is 0.702. The van der Waals surface area contributed by atoms with Crippen LogP contribution in [0.4, 0.5) is 0 Å². The first kappa shape index (κ1) is 5.81. The van der Waals surface area contributed by atoms with Crippen molar-refractivity contribution in [1.29, 1.82) is 0 Å². The minimum Gasteiger partial charge on any atom is -0.461 e. The van der Waals surface area contributed by atoms with Crippen LogP contribution in [0.1, 0.15) is 0 Å². The van der Waals surface area contributed by atoms with Crippen molar-refractivity contribution in [3.63, 3.8) is 0 Å². The second-order valence-electron chi connectivity index (χ2n) is 0.510. The molecule has 36 valence electrons. The van der Waals surface area contributed by atoms with E-state index < -0.39 is 0 Å². The highest BCUT2D eigenvalue weighted by Gasteiger charge is 1.69. The van der Waals surface area contributed by atoms with Gasteiger partial charge in [0.1, 0.15) is 5.55 Å². The van der Waals surface area contributed by atoms with Crippen LogP contribution in [0.2, 0.25) is 0 Å². The Morgan fingerprint density at radius 2 is 2.50 bits per heavy atom. The van der Waals surface area contributed by atoms with Gasteiger partial charge in [-0.25, -0.2) is 5.26 Å². The Morgan fingerprint density at radius 3 is 2.67 bits per heavy atom. The van der Waals surface area contributed by atoms with Gasteiger partial charge in [-0.15, -0.1) is 0 Å². The summed E-state index contributed by atoms with van der Waals surface area (Å²) < 4.78 is 4.20. The lowest BCUT2D eigenvalue weighted by Gasteiger charge is -1.88. The van der Waals surface area contributed by atoms with E-state index in [-0.39, 0.29) is 6.79 Å². The predicted octanol–water partition coefficient (Wildman–Crippen LogP) is 0.407. The van der Waals surface area contributed by atoms with Gasteiger partial charge in [-0.2, -0.15) is 4.89 Å². The molecule has 0 aliphatic carbocycles. The van der Waals surface area contributed by atoms with Crippen molar-refractivity contribution in [2.75, 3.05) is 6.79 Å². The predicted molar refractivity (Wildman–Crippen MR) is 23.3 cm³/mol. The van der Waals surface area contributed by atoms with Gasteiger partial charge in [-0.3, -0.25) is 0 Å². The molecule has 0 saturated heterocycles. The fourth-order valence-corrected chi connectivity index (χ4v) is 0.114. The number of hydrogen-bond donors (Lipinski definition) is 1. The average Bonchev–Trinajstić information content (AvgIpc) is 1.61. The zero-order chi connectivity index (χ0) is 4.83. The molecule has 0 aromatic carbocycles. The first-order chi connectivity index (χ1) is 2.91. The molecule has 0 aliphatic rings. The Morgan fingerprint density at radius 1 is 1.83 bits per heavy atom. The maximum Gasteiger partial charge on any atom is 0.221 e. The zero-order valence-electron chi connectivity index (χ0n) is 2.96. The summed E-state index contributed by atoms with van der Waals surface area (Å²) in [4.78, 5) is 3.46. The molecule has 6 heavy (non-hydrogen) atoms. The molecular weight excluding hydrogens is 104 g/mol. The first-order valence-electron chi connectivity index (χ1n) is 1.23. The van der Waals surface area contributed by atoms with Crippen molar-refractivity contribution in [3.05, 3.63) is 0 Å². The van der Waals surface area contributed by atoms with Crippen molar-refractivity contribution < 1.29 is 14.9 Å². The SMILES string of the molecule is OOCOC=S. The fourth-order valence-electron chi connectivity index (χ4n) is 0.0582. The smallest absolute Gasteiger partial charge is 0.221 e. The van der Waals surface area contributed by atoms with Gasteiger partial charge in [-0.1, -0.05) is 0 Å². The third-order valence-electron chi connectivity index (χ3n) is 0.189. The van der Waals surface area contributed by atoms with Crippen LogP contribution in [-0.4, -0.2) is 17.6 Å². The Labute approximate surface area is 40.4 Å². The number of thiocarbonyl (C=S) groups is 1. The van der Waals surface area contributed by atoms with E-state index in [1.807, 2.05) is 0 Å². The van der Waals surface area contributed by atoms with Gasteiger partial charge < -0.3 is 4.74 Å². The van der Waals surface area contributed by atoms with Gasteiger partial charge in [0, 0.05) is 0 Å². The number of rotatable bonds is 3. The van der Waals surface area contributed by atoms with E-state index >= 15 is 0 Å². The summed E-state index contributed by atoms with van der Waals surface area (Å²) in [5.74, 6) is 0. The van der Waals surface area contributed by atoms with Crippen LogP contribution in [0.3, 0.4) is 0 Å². The van der Waals surface area contributed by atoms with Crippen LogP contribution in [0.5, 0.6) is 0 Å². The van der Waals surface area contributed by atoms with Gasteiger partial charge in [0.25, 0.3) is 0 Å². The normalized spacial score (nSPS) is 7.50. The molecule has 0 aromatic rings. The van der Waals surface area contributed by atoms with Crippen molar-refractivity contribution in [1.82, 2.24) is 0 Å². The third-order valence-corrected chi connectivity index (χ3v) is 0.325. The van der Waals surface area contributed by atoms with Crippen LogP contribution in [0.15, 0.2) is 0 Å². The van der Waals surface area contributed by atoms with Gasteiger partial charge >= 0.3 is 0 Å². The quantitative estimate of drug-likeness (QED) is 0.187. The lowest BCUT2D eigenvalue weighted by atomic mass is 11.4. The van der Waals surface area contributed by atoms with Gasteiger partial charge in [-0.05, 0) is 12.2 Å². The van der Waals surface area contributed by atoms with E-state index in [0.29, 0.717) is 0 Å². The third kappa shape index (κ3) is 3.81. The summed E-state index contributed by atoms with van der Waals surface area (Å²) in [5.41, 5.74) is 1.01. The van der Waals surface area contributed by atoms with Gasteiger partial charge in [0.2, 0.25) is 6.79 Å². The summed E-state index contributed by atoms with van der Waals surface area (Å²) >= 11 is 4.18. The lowest BCUT2D eigenvalue weighted by molar-refractivity contribution is -0.279. The Hall–Kier alpha value is -0.190. The zero-order valence-corrected chi connectivity index (χ0v) is 3.77. The largest absolute Gasteiger partial charge is 0.461 e. The first-order valence-corrected chi connectivity index (χ1v) is 1.70. The van der Waals surface area contributed by atoms with Gasteiger partial charge in [0.05, 0.1) is 0 Å². The molecule has 0 bridgehead atoms. The number of hydrogen-bond acceptors (Lipinski definition) is 4. The van der Waals surface area contributed by atoms with E-state index in [1.165, 1.54) is 0 Å². The van der Waals surface area contributed by atoms with Crippen molar-refractivity contribution in [3.8, 4) is 0 Å². The van der Waals surface area contributed by atoms with E-state index in [9.17, 15) is 0 Å². The van der Waals surface area contributed by atoms with Crippen LogP contribution in [0, 0.1) is 0 Å². The molecule has 0 heterocycles. The fraction of sp³-hybridized carbons (Fsp3) is 0.500. The van der Waals surface area contributed by atoms with E-state index in [0.717, 1.165) is 5.55 Å². The molecule has 3 nitrogen and oxygen atoms in total. The Balaban J connectivity index is 2.49. The lowest BCUT2D eigenvalue weighted by Crippen LogP contribution is -1.90. The topological polar surface area (TPSA) is 38.7 Å². The van der Waals surface area contributed by atoms with Gasteiger partial charge in [0.15, 0.2) is 0 Å². The van der Waals surface area contributed by atoms with Crippen LogP contribution >= 0.6 is 12.2 Å². The highest BCUT2D eigenvalue weighted by molar-refractivity contribution is 7.78. The maximum atomic E-state index is 7.51. The molecule has 0 radical (unpaired) electrons. The van der Waals surface area contributed by atoms with E-state index in [2.05, 4.69) is 21.8 Å². The highest BCUT2D eigenvalue weighted by Crippen LogP contribution is 1.64. The highest BCUT2D eigenvalue weighted by atomic mass is 32.1. The number of ether oxygens (including phenoxy) is 1. The van der Waals surface area contributed by atoms with Crippen LogP contribution in [0.25, 0.3) is 0 Å². The molecule has 0 rings (SSSR count). The molecule has 1 N–H and O–H groups in total. The second kappa shape index (κ2) is 4.81. The maximum absolute atomic E-state index is 7.51. The molecule has 0 unspecified atom stereocenters. The van der Waals surface area contributed by atoms with Crippen LogP contribution in [-0.2, 0) is 9.62 Å². The summed E-state index contributed by atoms with van der Waals surface area (Å²) in [6, 6.07) is 0. The summed E-state index contributed by atoms with van der Waals surface area (Å²) in [6.07, 6.45) is 0. The minimum absolute atomic E-state index is 0.191. The Kier molecular flexibility index (Phi) is 4.66. The average molecular weight is 108 g/mol. The summed E-state index contributed by atoms with van der Waals surface area (Å²) in [6.45, 7) is -0.191. The van der Waals surface area contributed by atoms with Crippen LogP contribution < -0.4 is 0 Å². The molecule has 0 aliphatic heterocycles. The molecular formula is C2H4O3S. The molecule has 0 amide bonds. The standard InChI is InChI=1S/C2H4O3S/c3-5-1-4-2-6/h2-3H,1H2. The molecule has 4 heteroatoms. The van der Waals surface area contributed by atoms with Crippen molar-refractivity contribution >= 4 is 17.8 Å². The van der Waals surface area contributed by atoms with Crippen molar-refractivity contribution in [2.45, 2.75) is 0 Å². The van der Waals surface area contributed by atoms with E-state index in [4.69, 9.17) is 5.26 Å². The monoisotopic (exact) mass is 108 g/mol. The van der Waals surface area contributed by atoms with E-state index in [1.54, 1.807) is 0 Å². The Bertz CT molecular complexity index is 37.8.